The van der Waals surface area contributed by atoms with Gasteiger partial charge in [-0.25, -0.2) is 8.42 Å². The van der Waals surface area contributed by atoms with Crippen LogP contribution < -0.4 is 10.0 Å². The number of halogens is 1. The number of amides is 3. The molecule has 0 aromatic carbocycles. The van der Waals surface area contributed by atoms with Gasteiger partial charge in [-0.1, -0.05) is 11.6 Å². The molecule has 2 atom stereocenters. The van der Waals surface area contributed by atoms with Crippen LogP contribution in [0.15, 0.2) is 29.0 Å². The molecule has 0 radical (unpaired) electrons. The molecule has 37 heavy (non-hydrogen) atoms. The normalized spacial score (nSPS) is 20.6. The van der Waals surface area contributed by atoms with Gasteiger partial charge in [0, 0.05) is 36.0 Å². The molecule has 4 rings (SSSR count). The van der Waals surface area contributed by atoms with Gasteiger partial charge in [0.1, 0.15) is 6.04 Å². The summed E-state index contributed by atoms with van der Waals surface area (Å²) in [6, 6.07) is 4.21. The fourth-order valence-electron chi connectivity index (χ4n) is 4.55. The first-order valence-corrected chi connectivity index (χ1v) is 15.6. The number of likely N-dealkylation sites (tertiary alicyclic amines) is 2. The number of aryl methyl sites for hydroxylation is 1. The standard InChI is InChI=1S/C24H29ClN4O5S3/c1-16-8-12-35-22(16)23(31)26-14-17-4-2-11-29(17)21(30)15-28-10-3-5-19(24(28)32)27-37(33,34)13-9-18-6-7-20(25)36-18/h6-9,12-13,17,19,27H,2-5,10-11,14-15H2,1H3,(H,26,31)/t17-,19-/m0/s1. The summed E-state index contributed by atoms with van der Waals surface area (Å²) in [5, 5.41) is 5.82. The minimum Gasteiger partial charge on any atom is -0.349 e. The summed E-state index contributed by atoms with van der Waals surface area (Å²) in [5.41, 5.74) is 0.919. The fourth-order valence-corrected chi connectivity index (χ4v) is 7.46. The topological polar surface area (TPSA) is 116 Å². The third-order valence-corrected chi connectivity index (χ3v) is 9.75. The van der Waals surface area contributed by atoms with Crippen molar-refractivity contribution >= 4 is 68.1 Å². The monoisotopic (exact) mass is 584 g/mol. The molecule has 3 amide bonds. The SMILES string of the molecule is Cc1ccsc1C(=O)NC[C@@H]1CCCN1C(=O)CN1CCC[C@H](NS(=O)(=O)C=Cc2ccc(Cl)s2)C1=O. The molecule has 2 aromatic heterocycles. The van der Waals surface area contributed by atoms with E-state index in [0.717, 1.165) is 23.8 Å². The number of sulfonamides is 1. The fraction of sp³-hybridized carbons (Fsp3) is 0.458. The van der Waals surface area contributed by atoms with Crippen molar-refractivity contribution in [2.24, 2.45) is 0 Å². The second-order valence-corrected chi connectivity index (χ2v) is 13.3. The molecule has 0 saturated carbocycles. The van der Waals surface area contributed by atoms with Gasteiger partial charge < -0.3 is 15.1 Å². The smallest absolute Gasteiger partial charge is 0.261 e. The Hall–Kier alpha value is -2.25. The molecule has 4 heterocycles. The third-order valence-electron chi connectivity index (χ3n) is 6.43. The van der Waals surface area contributed by atoms with Crippen LogP contribution in [-0.4, -0.2) is 74.2 Å². The summed E-state index contributed by atoms with van der Waals surface area (Å²) >= 11 is 8.51. The third kappa shape index (κ3) is 7.20. The van der Waals surface area contributed by atoms with Crippen molar-refractivity contribution in [3.05, 3.63) is 48.6 Å². The largest absolute Gasteiger partial charge is 0.349 e. The Kier molecular flexibility index (Phi) is 9.07. The predicted octanol–water partition coefficient (Wildman–Crippen LogP) is 3.07. The first-order valence-electron chi connectivity index (χ1n) is 12.0. The van der Waals surface area contributed by atoms with Crippen LogP contribution in [0.5, 0.6) is 0 Å². The van der Waals surface area contributed by atoms with Crippen LogP contribution in [0, 0.1) is 6.92 Å². The molecule has 0 spiro atoms. The number of nitrogens with one attached hydrogen (secondary N) is 2. The Morgan fingerprint density at radius 1 is 1.19 bits per heavy atom. The summed E-state index contributed by atoms with van der Waals surface area (Å²) in [6.45, 7) is 3.07. The summed E-state index contributed by atoms with van der Waals surface area (Å²) in [7, 11) is -3.87. The summed E-state index contributed by atoms with van der Waals surface area (Å²) in [6.07, 6.45) is 3.97. The van der Waals surface area contributed by atoms with Crippen LogP contribution in [-0.2, 0) is 19.6 Å². The molecule has 13 heteroatoms. The van der Waals surface area contributed by atoms with Crippen LogP contribution in [0.25, 0.3) is 6.08 Å². The van der Waals surface area contributed by atoms with E-state index in [1.54, 1.807) is 17.0 Å². The average Bonchev–Trinajstić information content (AvgIpc) is 3.60. The van der Waals surface area contributed by atoms with E-state index in [-0.39, 0.29) is 24.4 Å². The van der Waals surface area contributed by atoms with Crippen molar-refractivity contribution in [2.45, 2.75) is 44.7 Å². The molecule has 0 unspecified atom stereocenters. The molecule has 2 fully saturated rings. The van der Waals surface area contributed by atoms with E-state index in [0.29, 0.717) is 46.6 Å². The maximum Gasteiger partial charge on any atom is 0.261 e. The lowest BCUT2D eigenvalue weighted by Crippen LogP contribution is -2.55. The van der Waals surface area contributed by atoms with E-state index in [9.17, 15) is 22.8 Å². The molecule has 2 aliphatic rings. The number of hydrogen-bond donors (Lipinski definition) is 2. The minimum atomic E-state index is -3.87. The van der Waals surface area contributed by atoms with E-state index in [4.69, 9.17) is 11.6 Å². The van der Waals surface area contributed by atoms with Crippen molar-refractivity contribution < 1.29 is 22.8 Å². The first kappa shape index (κ1) is 27.8. The summed E-state index contributed by atoms with van der Waals surface area (Å²) < 4.78 is 28.1. The number of carbonyl (C=O) groups excluding carboxylic acids is 3. The van der Waals surface area contributed by atoms with Crippen LogP contribution in [0.2, 0.25) is 4.34 Å². The van der Waals surface area contributed by atoms with Crippen LogP contribution in [0.3, 0.4) is 0 Å². The highest BCUT2D eigenvalue weighted by Gasteiger charge is 2.35. The predicted molar refractivity (Wildman–Crippen MR) is 146 cm³/mol. The molecule has 200 valence electrons. The number of carbonyl (C=O) groups is 3. The lowest BCUT2D eigenvalue weighted by molar-refractivity contribution is -0.143. The van der Waals surface area contributed by atoms with Crippen molar-refractivity contribution in [1.82, 2.24) is 19.8 Å². The Labute approximate surface area is 229 Å². The lowest BCUT2D eigenvalue weighted by Gasteiger charge is -2.34. The van der Waals surface area contributed by atoms with Crippen LogP contribution in [0.4, 0.5) is 0 Å². The van der Waals surface area contributed by atoms with Gasteiger partial charge in [-0.3, -0.25) is 14.4 Å². The van der Waals surface area contributed by atoms with Gasteiger partial charge in [-0.2, -0.15) is 4.72 Å². The molecule has 0 aliphatic carbocycles. The molecule has 2 N–H and O–H groups in total. The van der Waals surface area contributed by atoms with E-state index >= 15 is 0 Å². The number of hydrogen-bond acceptors (Lipinski definition) is 7. The van der Waals surface area contributed by atoms with Gasteiger partial charge in [-0.15, -0.1) is 22.7 Å². The zero-order valence-corrected chi connectivity index (χ0v) is 23.5. The van der Waals surface area contributed by atoms with Gasteiger partial charge in [0.2, 0.25) is 21.8 Å². The lowest BCUT2D eigenvalue weighted by atomic mass is 10.1. The van der Waals surface area contributed by atoms with Crippen molar-refractivity contribution in [2.75, 3.05) is 26.2 Å². The molecule has 9 nitrogen and oxygen atoms in total. The van der Waals surface area contributed by atoms with Crippen molar-refractivity contribution in [3.63, 3.8) is 0 Å². The van der Waals surface area contributed by atoms with Gasteiger partial charge in [-0.05, 0) is 67.8 Å². The zero-order valence-electron chi connectivity index (χ0n) is 20.3. The zero-order chi connectivity index (χ0) is 26.6. The Morgan fingerprint density at radius 3 is 2.68 bits per heavy atom. The quantitative estimate of drug-likeness (QED) is 0.470. The Morgan fingerprint density at radius 2 is 1.97 bits per heavy atom. The highest BCUT2D eigenvalue weighted by atomic mass is 35.5. The Balaban J connectivity index is 1.31. The molecule has 0 bridgehead atoms. The summed E-state index contributed by atoms with van der Waals surface area (Å²) in [5.74, 6) is -0.757. The minimum absolute atomic E-state index is 0.116. The van der Waals surface area contributed by atoms with E-state index < -0.39 is 22.0 Å². The maximum atomic E-state index is 13.1. The second-order valence-electron chi connectivity index (χ2n) is 9.09. The van der Waals surface area contributed by atoms with Crippen molar-refractivity contribution in [3.8, 4) is 0 Å². The second kappa shape index (κ2) is 12.1. The van der Waals surface area contributed by atoms with E-state index in [2.05, 4.69) is 10.0 Å². The average molecular weight is 585 g/mol. The highest BCUT2D eigenvalue weighted by Crippen LogP contribution is 2.23. The number of piperidine rings is 1. The molecule has 2 aromatic rings. The molecule has 2 aliphatic heterocycles. The van der Waals surface area contributed by atoms with Gasteiger partial charge in [0.15, 0.2) is 0 Å². The Bertz CT molecular complexity index is 1290. The summed E-state index contributed by atoms with van der Waals surface area (Å²) in [4.78, 5) is 43.1. The van der Waals surface area contributed by atoms with Gasteiger partial charge in [0.25, 0.3) is 5.91 Å². The van der Waals surface area contributed by atoms with Crippen LogP contribution in [0.1, 0.15) is 45.8 Å². The maximum absolute atomic E-state index is 13.1. The molecule has 2 saturated heterocycles. The van der Waals surface area contributed by atoms with Gasteiger partial charge in [0.05, 0.1) is 15.8 Å². The highest BCUT2D eigenvalue weighted by molar-refractivity contribution is 7.92. The number of rotatable bonds is 9. The molecular formula is C24H29ClN4O5S3. The molecular weight excluding hydrogens is 556 g/mol. The first-order chi connectivity index (χ1) is 17.6. The van der Waals surface area contributed by atoms with E-state index in [1.807, 2.05) is 18.4 Å². The van der Waals surface area contributed by atoms with E-state index in [1.165, 1.54) is 33.6 Å². The number of thiophene rings is 2. The van der Waals surface area contributed by atoms with Gasteiger partial charge >= 0.3 is 0 Å². The number of nitrogens with zero attached hydrogens (tertiary/aromatic N) is 2. The van der Waals surface area contributed by atoms with Crippen molar-refractivity contribution in [1.29, 1.82) is 0 Å². The van der Waals surface area contributed by atoms with Crippen LogP contribution >= 0.6 is 34.3 Å².